The number of hydrogen-bond donors (Lipinski definition) is 0. The maximum absolute atomic E-state index is 4.22. The van der Waals surface area contributed by atoms with Gasteiger partial charge in [-0.1, -0.05) is 72.8 Å². The van der Waals surface area contributed by atoms with E-state index in [4.69, 9.17) is 0 Å². The summed E-state index contributed by atoms with van der Waals surface area (Å²) in [5.74, 6) is 0. The molecule has 2 rings (SSSR count). The molecule has 0 atom stereocenters. The second kappa shape index (κ2) is 7.79. The lowest BCUT2D eigenvalue weighted by Crippen LogP contribution is -2.22. The Morgan fingerprint density at radius 1 is 1.00 bits per heavy atom. The molecule has 0 aliphatic carbocycles. The standard InChI is InChI=1S/C24H26/c1-7-17(2)13-19(4)20(5)15-22-11-12-24(16-21(22)6)23-10-8-9-18(3)14-23/h7-16H,5-6H2,1-4H3/b17-7-,19-13+,22-15-. The molecule has 0 N–H and O–H groups in total. The molecular formula is C24H26. The molecule has 0 saturated carbocycles. The van der Waals surface area contributed by atoms with Crippen molar-refractivity contribution in [3.63, 3.8) is 0 Å². The summed E-state index contributed by atoms with van der Waals surface area (Å²) in [5, 5.41) is 2.13. The summed E-state index contributed by atoms with van der Waals surface area (Å²) >= 11 is 0. The van der Waals surface area contributed by atoms with Gasteiger partial charge < -0.3 is 0 Å². The lowest BCUT2D eigenvalue weighted by Gasteiger charge is -2.04. The van der Waals surface area contributed by atoms with Gasteiger partial charge >= 0.3 is 0 Å². The molecule has 0 saturated heterocycles. The van der Waals surface area contributed by atoms with Crippen LogP contribution in [-0.4, -0.2) is 0 Å². The summed E-state index contributed by atoms with van der Waals surface area (Å²) in [7, 11) is 0. The third kappa shape index (κ3) is 4.45. The second-order valence-electron chi connectivity index (χ2n) is 6.31. The fourth-order valence-corrected chi connectivity index (χ4v) is 2.57. The first-order valence-corrected chi connectivity index (χ1v) is 8.29. The molecule has 0 nitrogen and oxygen atoms in total. The fourth-order valence-electron chi connectivity index (χ4n) is 2.57. The van der Waals surface area contributed by atoms with Gasteiger partial charge in [0.2, 0.25) is 0 Å². The zero-order valence-electron chi connectivity index (χ0n) is 15.2. The van der Waals surface area contributed by atoms with E-state index in [0.717, 1.165) is 16.0 Å². The van der Waals surface area contributed by atoms with E-state index in [2.05, 4.69) is 94.6 Å². The summed E-state index contributed by atoms with van der Waals surface area (Å²) in [5.41, 5.74) is 7.12. The minimum Gasteiger partial charge on any atom is -0.0915 e. The Balaban J connectivity index is 2.38. The van der Waals surface area contributed by atoms with Crippen LogP contribution in [0.15, 0.2) is 77.9 Å². The molecule has 0 heteroatoms. The van der Waals surface area contributed by atoms with Crippen molar-refractivity contribution in [1.29, 1.82) is 0 Å². The van der Waals surface area contributed by atoms with E-state index in [9.17, 15) is 0 Å². The van der Waals surface area contributed by atoms with Gasteiger partial charge in [0.05, 0.1) is 0 Å². The van der Waals surface area contributed by atoms with E-state index in [1.165, 1.54) is 27.8 Å². The molecule has 0 aliphatic rings. The Morgan fingerprint density at radius 2 is 1.71 bits per heavy atom. The Kier molecular flexibility index (Phi) is 5.76. The summed E-state index contributed by atoms with van der Waals surface area (Å²) in [6.07, 6.45) is 6.36. The highest BCUT2D eigenvalue weighted by Crippen LogP contribution is 2.18. The van der Waals surface area contributed by atoms with Crippen molar-refractivity contribution < 1.29 is 0 Å². The van der Waals surface area contributed by atoms with Crippen LogP contribution in [0.1, 0.15) is 26.3 Å². The lowest BCUT2D eigenvalue weighted by atomic mass is 10.0. The Bertz CT molecular complexity index is 921. The third-order valence-electron chi connectivity index (χ3n) is 4.23. The summed E-state index contributed by atoms with van der Waals surface area (Å²) in [6.45, 7) is 16.8. The Morgan fingerprint density at radius 3 is 2.33 bits per heavy atom. The van der Waals surface area contributed by atoms with Gasteiger partial charge in [0.25, 0.3) is 0 Å². The van der Waals surface area contributed by atoms with Crippen molar-refractivity contribution in [3.05, 3.63) is 93.9 Å². The molecule has 0 amide bonds. The van der Waals surface area contributed by atoms with Gasteiger partial charge in [-0.3, -0.25) is 0 Å². The van der Waals surface area contributed by atoms with Gasteiger partial charge in [0.1, 0.15) is 0 Å². The fraction of sp³-hybridized carbons (Fsp3) is 0.167. The molecule has 0 spiro atoms. The first kappa shape index (κ1) is 17.7. The van der Waals surface area contributed by atoms with Crippen LogP contribution in [0.25, 0.3) is 23.8 Å². The van der Waals surface area contributed by atoms with Crippen LogP contribution in [0.5, 0.6) is 0 Å². The predicted octanol–water partition coefficient (Wildman–Crippen LogP) is 5.32. The van der Waals surface area contributed by atoms with Crippen LogP contribution in [-0.2, 0) is 0 Å². The Hall–Kier alpha value is -2.60. The average Bonchev–Trinajstić information content (AvgIpc) is 2.56. The van der Waals surface area contributed by atoms with Crippen LogP contribution in [0, 0.1) is 6.92 Å². The van der Waals surface area contributed by atoms with Gasteiger partial charge in [0.15, 0.2) is 0 Å². The minimum atomic E-state index is 1.02. The molecule has 0 bridgehead atoms. The van der Waals surface area contributed by atoms with Crippen molar-refractivity contribution in [2.75, 3.05) is 0 Å². The second-order valence-corrected chi connectivity index (χ2v) is 6.31. The molecule has 0 fully saturated rings. The van der Waals surface area contributed by atoms with Crippen LogP contribution in [0.3, 0.4) is 0 Å². The number of aryl methyl sites for hydroxylation is 1. The van der Waals surface area contributed by atoms with Gasteiger partial charge in [0, 0.05) is 0 Å². The monoisotopic (exact) mass is 314 g/mol. The molecular weight excluding hydrogens is 288 g/mol. The van der Waals surface area contributed by atoms with Crippen molar-refractivity contribution in [2.24, 2.45) is 0 Å². The van der Waals surface area contributed by atoms with E-state index in [-0.39, 0.29) is 0 Å². The predicted molar refractivity (Wildman–Crippen MR) is 108 cm³/mol. The molecule has 0 unspecified atom stereocenters. The van der Waals surface area contributed by atoms with Crippen LogP contribution in [0.4, 0.5) is 0 Å². The molecule has 2 aromatic carbocycles. The molecule has 0 heterocycles. The molecule has 0 radical (unpaired) electrons. The highest BCUT2D eigenvalue weighted by molar-refractivity contribution is 5.65. The topological polar surface area (TPSA) is 0 Å². The van der Waals surface area contributed by atoms with Gasteiger partial charge in [-0.15, -0.1) is 0 Å². The largest absolute Gasteiger partial charge is 0.0915 e. The smallest absolute Gasteiger partial charge is 0.0178 e. The van der Waals surface area contributed by atoms with Gasteiger partial charge in [-0.2, -0.15) is 0 Å². The SMILES string of the molecule is C=C(/C=c1/ccc(-c2cccc(C)c2)cc1=C)/C(C)=C/C(C)=C\C. The number of benzene rings is 2. The molecule has 0 aliphatic heterocycles. The maximum Gasteiger partial charge on any atom is -0.0178 e. The quantitative estimate of drug-likeness (QED) is 0.670. The summed E-state index contributed by atoms with van der Waals surface area (Å²) < 4.78 is 0. The van der Waals surface area contributed by atoms with E-state index >= 15 is 0 Å². The van der Waals surface area contributed by atoms with Crippen molar-refractivity contribution in [1.82, 2.24) is 0 Å². The number of rotatable bonds is 4. The maximum atomic E-state index is 4.22. The van der Waals surface area contributed by atoms with Crippen molar-refractivity contribution >= 4 is 12.7 Å². The molecule has 2 aromatic rings. The third-order valence-corrected chi connectivity index (χ3v) is 4.23. The lowest BCUT2D eigenvalue weighted by molar-refractivity contribution is 1.38. The van der Waals surface area contributed by atoms with E-state index in [1.54, 1.807) is 0 Å². The van der Waals surface area contributed by atoms with Crippen LogP contribution < -0.4 is 10.4 Å². The van der Waals surface area contributed by atoms with E-state index in [0.29, 0.717) is 0 Å². The highest BCUT2D eigenvalue weighted by Gasteiger charge is 1.99. The van der Waals surface area contributed by atoms with Crippen LogP contribution >= 0.6 is 0 Å². The molecule has 0 aromatic heterocycles. The van der Waals surface area contributed by atoms with Crippen molar-refractivity contribution in [2.45, 2.75) is 27.7 Å². The van der Waals surface area contributed by atoms with Crippen molar-refractivity contribution in [3.8, 4) is 11.1 Å². The molecule has 24 heavy (non-hydrogen) atoms. The average molecular weight is 314 g/mol. The molecule has 122 valence electrons. The highest BCUT2D eigenvalue weighted by atomic mass is 14.0. The van der Waals surface area contributed by atoms with E-state index in [1.807, 2.05) is 6.92 Å². The zero-order valence-corrected chi connectivity index (χ0v) is 15.2. The van der Waals surface area contributed by atoms with Gasteiger partial charge in [-0.05, 0) is 72.5 Å². The first-order valence-electron chi connectivity index (χ1n) is 8.29. The zero-order chi connectivity index (χ0) is 17.7. The Labute approximate surface area is 145 Å². The van der Waals surface area contributed by atoms with Crippen LogP contribution in [0.2, 0.25) is 0 Å². The number of allylic oxidation sites excluding steroid dienone is 5. The normalized spacial score (nSPS) is 13.2. The minimum absolute atomic E-state index is 1.02. The summed E-state index contributed by atoms with van der Waals surface area (Å²) in [4.78, 5) is 0. The van der Waals surface area contributed by atoms with Gasteiger partial charge in [-0.25, -0.2) is 0 Å². The summed E-state index contributed by atoms with van der Waals surface area (Å²) in [6, 6.07) is 15.0. The number of hydrogen-bond acceptors (Lipinski definition) is 0. The van der Waals surface area contributed by atoms with E-state index < -0.39 is 0 Å². The first-order chi connectivity index (χ1) is 11.4.